The Hall–Kier alpha value is -3.78. The number of carboxylic acid groups (broad SMARTS) is 1. The van der Waals surface area contributed by atoms with E-state index < -0.39 is 5.97 Å². The van der Waals surface area contributed by atoms with Gasteiger partial charge in [0, 0.05) is 40.3 Å². The second-order valence-corrected chi connectivity index (χ2v) is 7.76. The Kier molecular flexibility index (Phi) is 6.37. The monoisotopic (exact) mass is 468 g/mol. The summed E-state index contributed by atoms with van der Waals surface area (Å²) in [5.41, 5.74) is 2.72. The fourth-order valence-corrected chi connectivity index (χ4v) is 3.83. The molecule has 0 amide bonds. The van der Waals surface area contributed by atoms with Gasteiger partial charge in [0.1, 0.15) is 17.9 Å². The van der Waals surface area contributed by atoms with Crippen LogP contribution in [0.1, 0.15) is 28.6 Å². The molecule has 0 atom stereocenters. The number of furan rings is 1. The number of hydrogen-bond donors (Lipinski definition) is 1. The van der Waals surface area contributed by atoms with Gasteiger partial charge in [-0.25, -0.2) is 4.79 Å². The number of carboxylic acids is 1. The van der Waals surface area contributed by atoms with E-state index in [4.69, 9.17) is 25.5 Å². The molecule has 4 rings (SSSR count). The lowest BCUT2D eigenvalue weighted by Gasteiger charge is -2.11. The van der Waals surface area contributed by atoms with Gasteiger partial charge in [0.25, 0.3) is 0 Å². The smallest absolute Gasteiger partial charge is 0.372 e. The zero-order chi connectivity index (χ0) is 23.5. The summed E-state index contributed by atoms with van der Waals surface area (Å²) in [5, 5.41) is 14.9. The summed E-state index contributed by atoms with van der Waals surface area (Å²) in [4.78, 5) is 23.9. The minimum Gasteiger partial charge on any atom is -0.488 e. The highest BCUT2D eigenvalue weighted by molar-refractivity contribution is 6.32. The molecule has 0 saturated heterocycles. The molecule has 0 aliphatic heterocycles. The van der Waals surface area contributed by atoms with Crippen LogP contribution in [0.5, 0.6) is 5.75 Å². The molecule has 0 bridgehead atoms. The average molecular weight is 469 g/mol. The van der Waals surface area contributed by atoms with Gasteiger partial charge in [-0.1, -0.05) is 29.8 Å². The zero-order valence-electron chi connectivity index (χ0n) is 18.0. The Morgan fingerprint density at radius 3 is 2.73 bits per heavy atom. The third kappa shape index (κ3) is 4.70. The van der Waals surface area contributed by atoms with Crippen molar-refractivity contribution in [3.05, 3.63) is 70.7 Å². The van der Waals surface area contributed by atoms with Crippen molar-refractivity contribution in [2.45, 2.75) is 20.0 Å². The van der Waals surface area contributed by atoms with Crippen molar-refractivity contribution in [1.82, 2.24) is 9.78 Å². The number of nitrogens with zero attached hydrogens (tertiary/aromatic N) is 2. The predicted molar refractivity (Wildman–Crippen MR) is 121 cm³/mol. The lowest BCUT2D eigenvalue weighted by molar-refractivity contribution is -0.142. The largest absolute Gasteiger partial charge is 0.488 e. The van der Waals surface area contributed by atoms with E-state index >= 15 is 0 Å². The van der Waals surface area contributed by atoms with Gasteiger partial charge in [-0.2, -0.15) is 5.10 Å². The maximum atomic E-state index is 12.0. The molecule has 2 heterocycles. The highest BCUT2D eigenvalue weighted by Crippen LogP contribution is 2.37. The first-order valence-corrected chi connectivity index (χ1v) is 10.6. The summed E-state index contributed by atoms with van der Waals surface area (Å²) in [5.74, 6) is -1.38. The standard InChI is InChI=1S/C24H21ClN2O6/c1-3-31-21(28)8-14-6-4-5-7-20(14)32-13-19-18-10-16(25)9-17(15-11-26-27(2)12-15)22(18)33-23(19)24(29)30/h4-7,9-12H,3,8,13H2,1-2H3,(H,29,30). The number of ether oxygens (including phenoxy) is 2. The first-order valence-electron chi connectivity index (χ1n) is 10.2. The molecule has 33 heavy (non-hydrogen) atoms. The third-order valence-corrected chi connectivity index (χ3v) is 5.27. The van der Waals surface area contributed by atoms with Crippen LogP contribution in [0.3, 0.4) is 0 Å². The molecule has 0 aliphatic carbocycles. The molecule has 170 valence electrons. The molecule has 0 aliphatic rings. The van der Waals surface area contributed by atoms with Crippen LogP contribution in [-0.2, 0) is 29.6 Å². The van der Waals surface area contributed by atoms with Crippen molar-refractivity contribution in [3.63, 3.8) is 0 Å². The van der Waals surface area contributed by atoms with Gasteiger partial charge in [0.2, 0.25) is 5.76 Å². The summed E-state index contributed by atoms with van der Waals surface area (Å²) in [6.45, 7) is 1.93. The number of aromatic carboxylic acids is 1. The van der Waals surface area contributed by atoms with Gasteiger partial charge in [-0.3, -0.25) is 9.48 Å². The average Bonchev–Trinajstić information content (AvgIpc) is 3.36. The number of carbonyl (C=O) groups is 2. The molecule has 0 fully saturated rings. The molecular formula is C24H21ClN2O6. The minimum absolute atomic E-state index is 0.0406. The lowest BCUT2D eigenvalue weighted by atomic mass is 10.0. The molecule has 0 radical (unpaired) electrons. The van der Waals surface area contributed by atoms with Crippen molar-refractivity contribution in [2.75, 3.05) is 6.61 Å². The zero-order valence-corrected chi connectivity index (χ0v) is 18.8. The first kappa shape index (κ1) is 22.4. The Morgan fingerprint density at radius 1 is 1.24 bits per heavy atom. The quantitative estimate of drug-likeness (QED) is 0.368. The van der Waals surface area contributed by atoms with Crippen molar-refractivity contribution in [1.29, 1.82) is 0 Å². The van der Waals surface area contributed by atoms with E-state index in [1.165, 1.54) is 0 Å². The highest BCUT2D eigenvalue weighted by Gasteiger charge is 2.24. The van der Waals surface area contributed by atoms with E-state index in [-0.39, 0.29) is 31.4 Å². The number of rotatable bonds is 8. The van der Waals surface area contributed by atoms with Crippen molar-refractivity contribution in [3.8, 4) is 16.9 Å². The van der Waals surface area contributed by atoms with E-state index in [2.05, 4.69) is 5.10 Å². The molecule has 0 saturated carbocycles. The number of para-hydroxylation sites is 1. The molecular weight excluding hydrogens is 448 g/mol. The normalized spacial score (nSPS) is 11.0. The van der Waals surface area contributed by atoms with Crippen LogP contribution in [0.2, 0.25) is 5.02 Å². The van der Waals surface area contributed by atoms with Crippen LogP contribution in [0.4, 0.5) is 0 Å². The van der Waals surface area contributed by atoms with Crippen molar-refractivity contribution in [2.24, 2.45) is 7.05 Å². The van der Waals surface area contributed by atoms with E-state index in [0.29, 0.717) is 38.4 Å². The molecule has 4 aromatic rings. The van der Waals surface area contributed by atoms with E-state index in [9.17, 15) is 14.7 Å². The van der Waals surface area contributed by atoms with Crippen LogP contribution in [0.15, 0.2) is 53.2 Å². The predicted octanol–water partition coefficient (Wildman–Crippen LogP) is 4.87. The number of hydrogen-bond acceptors (Lipinski definition) is 6. The Balaban J connectivity index is 1.73. The fraction of sp³-hybridized carbons (Fsp3) is 0.208. The summed E-state index contributed by atoms with van der Waals surface area (Å²) in [6.07, 6.45) is 3.48. The lowest BCUT2D eigenvalue weighted by Crippen LogP contribution is -2.09. The number of halogens is 1. The maximum absolute atomic E-state index is 12.0. The van der Waals surface area contributed by atoms with Crippen LogP contribution in [-0.4, -0.2) is 33.4 Å². The van der Waals surface area contributed by atoms with E-state index in [1.807, 2.05) is 0 Å². The third-order valence-electron chi connectivity index (χ3n) is 5.05. The summed E-state index contributed by atoms with van der Waals surface area (Å²) < 4.78 is 18.4. The van der Waals surface area contributed by atoms with Gasteiger partial charge in [0.05, 0.1) is 24.8 Å². The Morgan fingerprint density at radius 2 is 2.03 bits per heavy atom. The number of fused-ring (bicyclic) bond motifs is 1. The van der Waals surface area contributed by atoms with Crippen molar-refractivity contribution < 1.29 is 28.6 Å². The minimum atomic E-state index is -1.22. The van der Waals surface area contributed by atoms with Gasteiger partial charge in [-0.05, 0) is 25.1 Å². The van der Waals surface area contributed by atoms with Crippen molar-refractivity contribution >= 4 is 34.5 Å². The number of aryl methyl sites for hydroxylation is 1. The number of carbonyl (C=O) groups excluding carboxylic acids is 1. The molecule has 2 aromatic carbocycles. The molecule has 8 nitrogen and oxygen atoms in total. The summed E-state index contributed by atoms with van der Waals surface area (Å²) in [6, 6.07) is 10.4. The Labute approximate surface area is 194 Å². The van der Waals surface area contributed by atoms with Gasteiger partial charge < -0.3 is 19.0 Å². The summed E-state index contributed by atoms with van der Waals surface area (Å²) >= 11 is 6.36. The number of esters is 1. The topological polar surface area (TPSA) is 104 Å². The molecule has 0 spiro atoms. The van der Waals surface area contributed by atoms with E-state index in [0.717, 1.165) is 5.56 Å². The molecule has 1 N–H and O–H groups in total. The molecule has 2 aromatic heterocycles. The van der Waals surface area contributed by atoms with Gasteiger partial charge in [0.15, 0.2) is 0 Å². The number of aromatic nitrogens is 2. The van der Waals surface area contributed by atoms with Crippen LogP contribution in [0, 0.1) is 0 Å². The molecule has 0 unspecified atom stereocenters. The molecule has 9 heteroatoms. The van der Waals surface area contributed by atoms with Gasteiger partial charge >= 0.3 is 11.9 Å². The Bertz CT molecular complexity index is 1340. The van der Waals surface area contributed by atoms with E-state index in [1.54, 1.807) is 67.4 Å². The maximum Gasteiger partial charge on any atom is 0.372 e. The summed E-state index contributed by atoms with van der Waals surface area (Å²) in [7, 11) is 1.78. The first-order chi connectivity index (χ1) is 15.9. The fourth-order valence-electron chi connectivity index (χ4n) is 3.61. The van der Waals surface area contributed by atoms with Crippen LogP contribution >= 0.6 is 11.6 Å². The SMILES string of the molecule is CCOC(=O)Cc1ccccc1OCc1c(C(=O)O)oc2c(-c3cnn(C)c3)cc(Cl)cc12. The highest BCUT2D eigenvalue weighted by atomic mass is 35.5. The second kappa shape index (κ2) is 9.38. The van der Waals surface area contributed by atoms with Crippen LogP contribution in [0.25, 0.3) is 22.1 Å². The second-order valence-electron chi connectivity index (χ2n) is 7.33. The number of benzene rings is 2. The van der Waals surface area contributed by atoms with Gasteiger partial charge in [-0.15, -0.1) is 0 Å². The van der Waals surface area contributed by atoms with Crippen LogP contribution < -0.4 is 4.74 Å².